The van der Waals surface area contributed by atoms with Gasteiger partial charge < -0.3 is 21.1 Å². The minimum absolute atomic E-state index is 0.0670. The summed E-state index contributed by atoms with van der Waals surface area (Å²) in [7, 11) is 0. The molecule has 3 rings (SSSR count). The van der Waals surface area contributed by atoms with Crippen LogP contribution in [-0.4, -0.2) is 40.9 Å². The lowest BCUT2D eigenvalue weighted by Crippen LogP contribution is -2.56. The van der Waals surface area contributed by atoms with Gasteiger partial charge in [-0.25, -0.2) is 9.97 Å². The van der Waals surface area contributed by atoms with Crippen LogP contribution in [0.3, 0.4) is 0 Å². The Morgan fingerprint density at radius 1 is 1.50 bits per heavy atom. The fourth-order valence-corrected chi connectivity index (χ4v) is 2.92. The van der Waals surface area contributed by atoms with Crippen molar-refractivity contribution in [2.75, 3.05) is 24.5 Å². The second kappa shape index (κ2) is 4.46. The highest BCUT2D eigenvalue weighted by molar-refractivity contribution is 5.54. The summed E-state index contributed by atoms with van der Waals surface area (Å²) in [5, 5.41) is 13.3. The van der Waals surface area contributed by atoms with E-state index in [1.54, 1.807) is 0 Å². The molecule has 0 bridgehead atoms. The van der Waals surface area contributed by atoms with Gasteiger partial charge in [0.15, 0.2) is 0 Å². The highest BCUT2D eigenvalue weighted by Gasteiger charge is 2.34. The largest absolute Gasteiger partial charge is 0.387 e. The summed E-state index contributed by atoms with van der Waals surface area (Å²) >= 11 is 0. The summed E-state index contributed by atoms with van der Waals surface area (Å²) in [5.74, 6) is 1.19. The summed E-state index contributed by atoms with van der Waals surface area (Å²) in [6.45, 7) is 4.61. The molecule has 1 aromatic heterocycles. The zero-order chi connectivity index (χ0) is 12.7. The molecule has 6 nitrogen and oxygen atoms in total. The van der Waals surface area contributed by atoms with Crippen LogP contribution in [-0.2, 0) is 0 Å². The number of rotatable bonds is 1. The van der Waals surface area contributed by atoms with Crippen LogP contribution in [0.2, 0.25) is 0 Å². The average Bonchev–Trinajstić information content (AvgIpc) is 2.66. The predicted octanol–water partition coefficient (Wildman–Crippen LogP) is -0.288. The second-order valence-corrected chi connectivity index (χ2v) is 5.11. The van der Waals surface area contributed by atoms with Crippen molar-refractivity contribution in [2.45, 2.75) is 31.5 Å². The molecule has 1 aliphatic heterocycles. The van der Waals surface area contributed by atoms with Crippen molar-refractivity contribution in [3.8, 4) is 0 Å². The SMILES string of the molecule is CC1CC(O)c2ncnc(N3CCNCC3N)c21. The molecule has 3 unspecified atom stereocenters. The quantitative estimate of drug-likeness (QED) is 0.634. The minimum atomic E-state index is -0.462. The number of anilines is 1. The molecule has 1 fully saturated rings. The Hall–Kier alpha value is -1.24. The smallest absolute Gasteiger partial charge is 0.137 e. The lowest BCUT2D eigenvalue weighted by Gasteiger charge is -2.35. The molecule has 6 heteroatoms. The highest BCUT2D eigenvalue weighted by Crippen LogP contribution is 2.42. The van der Waals surface area contributed by atoms with Crippen molar-refractivity contribution in [3.63, 3.8) is 0 Å². The molecule has 4 N–H and O–H groups in total. The van der Waals surface area contributed by atoms with Gasteiger partial charge >= 0.3 is 0 Å². The first kappa shape index (κ1) is 11.8. The first-order valence-corrected chi connectivity index (χ1v) is 6.44. The van der Waals surface area contributed by atoms with E-state index in [2.05, 4.69) is 27.1 Å². The molecule has 3 atom stereocenters. The number of aliphatic hydroxyl groups excluding tert-OH is 1. The number of hydrogen-bond donors (Lipinski definition) is 3. The normalized spacial score (nSPS) is 31.5. The van der Waals surface area contributed by atoms with Gasteiger partial charge in [0.1, 0.15) is 12.1 Å². The van der Waals surface area contributed by atoms with Crippen molar-refractivity contribution >= 4 is 5.82 Å². The van der Waals surface area contributed by atoms with Crippen LogP contribution in [0.5, 0.6) is 0 Å². The summed E-state index contributed by atoms with van der Waals surface area (Å²) in [6.07, 6.45) is 1.73. The Morgan fingerprint density at radius 2 is 2.33 bits per heavy atom. The van der Waals surface area contributed by atoms with Gasteiger partial charge in [0.25, 0.3) is 0 Å². The molecule has 98 valence electrons. The van der Waals surface area contributed by atoms with Crippen LogP contribution < -0.4 is 16.0 Å². The number of aromatic nitrogens is 2. The van der Waals surface area contributed by atoms with Crippen LogP contribution in [0.15, 0.2) is 6.33 Å². The number of piperazine rings is 1. The van der Waals surface area contributed by atoms with Crippen LogP contribution in [0, 0.1) is 0 Å². The monoisotopic (exact) mass is 249 g/mol. The molecule has 18 heavy (non-hydrogen) atoms. The molecule has 1 aliphatic carbocycles. The number of nitrogens with two attached hydrogens (primary N) is 1. The molecule has 2 heterocycles. The van der Waals surface area contributed by atoms with E-state index in [1.165, 1.54) is 6.33 Å². The maximum absolute atomic E-state index is 9.99. The number of fused-ring (bicyclic) bond motifs is 1. The van der Waals surface area contributed by atoms with Gasteiger partial charge in [-0.1, -0.05) is 6.92 Å². The van der Waals surface area contributed by atoms with Crippen molar-refractivity contribution in [1.29, 1.82) is 0 Å². The van der Waals surface area contributed by atoms with Gasteiger partial charge in [-0.05, 0) is 12.3 Å². The standard InChI is InChI=1S/C12H19N5O/c1-7-4-8(18)11-10(7)12(16-6-15-11)17-3-2-14-5-9(17)13/h6-9,14,18H,2-5,13H2,1H3. The molecule has 0 spiro atoms. The van der Waals surface area contributed by atoms with Crippen molar-refractivity contribution < 1.29 is 5.11 Å². The van der Waals surface area contributed by atoms with Gasteiger partial charge in [-0.15, -0.1) is 0 Å². The summed E-state index contributed by atoms with van der Waals surface area (Å²) < 4.78 is 0. The Balaban J connectivity index is 2.02. The van der Waals surface area contributed by atoms with E-state index < -0.39 is 6.10 Å². The highest BCUT2D eigenvalue weighted by atomic mass is 16.3. The van der Waals surface area contributed by atoms with Gasteiger partial charge in [-0.2, -0.15) is 0 Å². The van der Waals surface area contributed by atoms with Crippen molar-refractivity contribution in [2.24, 2.45) is 5.73 Å². The van der Waals surface area contributed by atoms with Crippen molar-refractivity contribution in [3.05, 3.63) is 17.6 Å². The van der Waals surface area contributed by atoms with Gasteiger partial charge in [-0.3, -0.25) is 0 Å². The minimum Gasteiger partial charge on any atom is -0.387 e. The number of hydrogen-bond acceptors (Lipinski definition) is 6. The van der Waals surface area contributed by atoms with E-state index in [9.17, 15) is 5.11 Å². The molecular formula is C12H19N5O. The zero-order valence-electron chi connectivity index (χ0n) is 10.5. The molecule has 0 amide bonds. The van der Waals surface area contributed by atoms with Gasteiger partial charge in [0.05, 0.1) is 18.0 Å². The fraction of sp³-hybridized carbons (Fsp3) is 0.667. The lowest BCUT2D eigenvalue weighted by atomic mass is 10.0. The fourth-order valence-electron chi connectivity index (χ4n) is 2.92. The van der Waals surface area contributed by atoms with E-state index in [0.29, 0.717) is 0 Å². The second-order valence-electron chi connectivity index (χ2n) is 5.11. The first-order valence-electron chi connectivity index (χ1n) is 6.44. The lowest BCUT2D eigenvalue weighted by molar-refractivity contribution is 0.170. The Labute approximate surface area is 106 Å². The summed E-state index contributed by atoms with van der Waals surface area (Å²) in [4.78, 5) is 10.7. The maximum atomic E-state index is 9.99. The first-order chi connectivity index (χ1) is 8.68. The summed E-state index contributed by atoms with van der Waals surface area (Å²) in [6, 6.07) is 0. The molecule has 1 saturated heterocycles. The molecule has 0 saturated carbocycles. The van der Waals surface area contributed by atoms with Gasteiger partial charge in [0, 0.05) is 25.2 Å². The zero-order valence-corrected chi connectivity index (χ0v) is 10.5. The van der Waals surface area contributed by atoms with E-state index in [-0.39, 0.29) is 12.1 Å². The Morgan fingerprint density at radius 3 is 3.11 bits per heavy atom. The van der Waals surface area contributed by atoms with Crippen LogP contribution in [0.25, 0.3) is 0 Å². The molecule has 2 aliphatic rings. The Kier molecular flexibility index (Phi) is 2.93. The third-order valence-electron chi connectivity index (χ3n) is 3.83. The Bertz CT molecular complexity index is 452. The van der Waals surface area contributed by atoms with Crippen LogP contribution in [0.1, 0.15) is 36.6 Å². The molecule has 0 radical (unpaired) electrons. The third kappa shape index (κ3) is 1.77. The van der Waals surface area contributed by atoms with Crippen LogP contribution in [0.4, 0.5) is 5.82 Å². The van der Waals surface area contributed by atoms with Crippen molar-refractivity contribution in [1.82, 2.24) is 15.3 Å². The van der Waals surface area contributed by atoms with E-state index in [1.807, 2.05) is 0 Å². The predicted molar refractivity (Wildman–Crippen MR) is 68.2 cm³/mol. The van der Waals surface area contributed by atoms with E-state index in [0.717, 1.165) is 43.1 Å². The molecule has 1 aromatic rings. The molecule has 0 aromatic carbocycles. The topological polar surface area (TPSA) is 87.3 Å². The third-order valence-corrected chi connectivity index (χ3v) is 3.83. The van der Waals surface area contributed by atoms with E-state index >= 15 is 0 Å². The van der Waals surface area contributed by atoms with Gasteiger partial charge in [0.2, 0.25) is 0 Å². The molecular weight excluding hydrogens is 230 g/mol. The van der Waals surface area contributed by atoms with E-state index in [4.69, 9.17) is 5.73 Å². The maximum Gasteiger partial charge on any atom is 0.137 e. The van der Waals surface area contributed by atoms with Crippen LogP contribution >= 0.6 is 0 Å². The summed E-state index contributed by atoms with van der Waals surface area (Å²) in [5.41, 5.74) is 7.97. The number of nitrogens with zero attached hydrogens (tertiary/aromatic N) is 3. The number of aliphatic hydroxyl groups is 1. The number of nitrogens with one attached hydrogen (secondary N) is 1. The average molecular weight is 249 g/mol.